The van der Waals surface area contributed by atoms with Gasteiger partial charge in [0.2, 0.25) is 5.91 Å². The van der Waals surface area contributed by atoms with Crippen molar-refractivity contribution in [1.29, 1.82) is 0 Å². The molecule has 0 radical (unpaired) electrons. The van der Waals surface area contributed by atoms with Crippen molar-refractivity contribution in [1.82, 2.24) is 10.8 Å². The van der Waals surface area contributed by atoms with E-state index in [9.17, 15) is 40.3 Å². The summed E-state index contributed by atoms with van der Waals surface area (Å²) in [5, 5.41) is 11.0. The zero-order valence-corrected chi connectivity index (χ0v) is 18.1. The summed E-state index contributed by atoms with van der Waals surface area (Å²) in [6.07, 6.45) is -7.20. The molecule has 190 valence electrons. The summed E-state index contributed by atoms with van der Waals surface area (Å²) in [7, 11) is 0. The molecule has 0 heterocycles. The molecule has 0 unspecified atom stereocenters. The van der Waals surface area contributed by atoms with Gasteiger partial charge in [0.05, 0.1) is 11.1 Å². The van der Waals surface area contributed by atoms with Crippen molar-refractivity contribution in [3.63, 3.8) is 0 Å². The molecule has 0 spiro atoms. The third-order valence-electron chi connectivity index (χ3n) is 4.87. The van der Waals surface area contributed by atoms with Crippen LogP contribution in [0.1, 0.15) is 47.9 Å². The average Bonchev–Trinajstić information content (AvgIpc) is 2.79. The van der Waals surface area contributed by atoms with Gasteiger partial charge in [-0.05, 0) is 54.3 Å². The Balaban J connectivity index is 2.28. The van der Waals surface area contributed by atoms with Crippen molar-refractivity contribution >= 4 is 23.5 Å². The van der Waals surface area contributed by atoms with E-state index in [0.717, 1.165) is 36.4 Å². The molecule has 3 N–H and O–H groups in total. The van der Waals surface area contributed by atoms with Crippen molar-refractivity contribution in [3.8, 4) is 0 Å². The molecule has 0 aromatic heterocycles. The summed E-state index contributed by atoms with van der Waals surface area (Å²) in [4.78, 5) is 23.7. The first-order valence-electron chi connectivity index (χ1n) is 10.3. The van der Waals surface area contributed by atoms with E-state index in [1.807, 2.05) is 0 Å². The lowest BCUT2D eigenvalue weighted by atomic mass is 9.99. The summed E-state index contributed by atoms with van der Waals surface area (Å²) in [5.74, 6) is -2.85. The van der Waals surface area contributed by atoms with E-state index in [2.05, 4.69) is 5.32 Å². The molecule has 2 aromatic rings. The minimum atomic E-state index is -4.99. The standard InChI is InChI=1S/C23H21F7N2O3/c24-19-10-5-14(13-18(19)23(28,29)30)12-17(15-6-8-16(9-7-15)22(25,26)27)21(34)31-11-3-1-2-4-20(33)32-35/h5-10,12-13,35H,1-4,11H2,(H,31,34)(H,32,33)/b17-12-. The molecule has 35 heavy (non-hydrogen) atoms. The van der Waals surface area contributed by atoms with Gasteiger partial charge in [-0.25, -0.2) is 9.87 Å². The van der Waals surface area contributed by atoms with E-state index in [1.54, 1.807) is 0 Å². The highest BCUT2D eigenvalue weighted by molar-refractivity contribution is 6.24. The Bertz CT molecular complexity index is 1060. The maximum absolute atomic E-state index is 13.6. The van der Waals surface area contributed by atoms with Gasteiger partial charge in [0.1, 0.15) is 5.82 Å². The highest BCUT2D eigenvalue weighted by Crippen LogP contribution is 2.33. The van der Waals surface area contributed by atoms with E-state index >= 15 is 0 Å². The molecule has 5 nitrogen and oxygen atoms in total. The largest absolute Gasteiger partial charge is 0.419 e. The van der Waals surface area contributed by atoms with Crippen LogP contribution in [0.25, 0.3) is 11.6 Å². The zero-order chi connectivity index (χ0) is 26.2. The first-order valence-corrected chi connectivity index (χ1v) is 10.3. The number of hydrogen-bond donors (Lipinski definition) is 3. The summed E-state index contributed by atoms with van der Waals surface area (Å²) in [5.41, 5.74) is -1.45. The number of unbranched alkanes of at least 4 members (excludes halogenated alkanes) is 2. The second kappa shape index (κ2) is 11.8. The van der Waals surface area contributed by atoms with Gasteiger partial charge < -0.3 is 5.32 Å². The number of benzene rings is 2. The number of nitrogens with one attached hydrogen (secondary N) is 2. The topological polar surface area (TPSA) is 78.4 Å². The Labute approximate surface area is 195 Å². The molecular weight excluding hydrogens is 485 g/mol. The number of alkyl halides is 6. The molecule has 0 atom stereocenters. The molecule has 0 saturated carbocycles. The lowest BCUT2D eigenvalue weighted by molar-refractivity contribution is -0.140. The number of carbonyl (C=O) groups excluding carboxylic acids is 2. The van der Waals surface area contributed by atoms with Gasteiger partial charge in [0.15, 0.2) is 0 Å². The minimum absolute atomic E-state index is 0.00741. The van der Waals surface area contributed by atoms with E-state index in [4.69, 9.17) is 5.21 Å². The zero-order valence-electron chi connectivity index (χ0n) is 18.1. The Morgan fingerprint density at radius 2 is 1.54 bits per heavy atom. The lowest BCUT2D eigenvalue weighted by Crippen LogP contribution is -2.25. The number of hydrogen-bond acceptors (Lipinski definition) is 3. The fourth-order valence-corrected chi connectivity index (χ4v) is 3.08. The van der Waals surface area contributed by atoms with Crippen LogP contribution in [-0.2, 0) is 21.9 Å². The Morgan fingerprint density at radius 1 is 0.886 bits per heavy atom. The molecule has 0 aliphatic rings. The van der Waals surface area contributed by atoms with E-state index < -0.39 is 41.1 Å². The van der Waals surface area contributed by atoms with Gasteiger partial charge in [-0.2, -0.15) is 26.3 Å². The van der Waals surface area contributed by atoms with Crippen LogP contribution < -0.4 is 10.8 Å². The SMILES string of the molecule is O=C(CCCCCNC(=O)/C(=C\c1ccc(F)c(C(F)(F)F)c1)c1ccc(C(F)(F)F)cc1)NO. The van der Waals surface area contributed by atoms with E-state index in [-0.39, 0.29) is 29.7 Å². The van der Waals surface area contributed by atoms with Crippen molar-refractivity contribution in [2.45, 2.75) is 38.0 Å². The normalized spacial score (nSPS) is 12.4. The maximum atomic E-state index is 13.6. The molecule has 0 fully saturated rings. The van der Waals surface area contributed by atoms with Gasteiger partial charge in [0, 0.05) is 18.5 Å². The Morgan fingerprint density at radius 3 is 2.11 bits per heavy atom. The molecule has 2 rings (SSSR count). The number of amides is 2. The quantitative estimate of drug-likeness (QED) is 0.104. The van der Waals surface area contributed by atoms with Gasteiger partial charge in [-0.1, -0.05) is 24.6 Å². The van der Waals surface area contributed by atoms with Crippen LogP contribution in [0.3, 0.4) is 0 Å². The van der Waals surface area contributed by atoms with Crippen molar-refractivity contribution in [2.75, 3.05) is 6.54 Å². The molecule has 2 aromatic carbocycles. The van der Waals surface area contributed by atoms with Gasteiger partial charge in [0.25, 0.3) is 5.91 Å². The van der Waals surface area contributed by atoms with Gasteiger partial charge >= 0.3 is 12.4 Å². The lowest BCUT2D eigenvalue weighted by Gasteiger charge is -2.13. The summed E-state index contributed by atoms with van der Waals surface area (Å²) < 4.78 is 91.5. The summed E-state index contributed by atoms with van der Waals surface area (Å²) in [6.45, 7) is 0.106. The predicted octanol–water partition coefficient (Wildman–Crippen LogP) is 5.59. The van der Waals surface area contributed by atoms with Crippen LogP contribution >= 0.6 is 0 Å². The van der Waals surface area contributed by atoms with Crippen molar-refractivity contribution in [2.24, 2.45) is 0 Å². The van der Waals surface area contributed by atoms with Gasteiger partial charge in [-0.3, -0.25) is 14.8 Å². The summed E-state index contributed by atoms with van der Waals surface area (Å²) in [6, 6.07) is 5.57. The minimum Gasteiger partial charge on any atom is -0.352 e. The predicted molar refractivity (Wildman–Crippen MR) is 112 cm³/mol. The highest BCUT2D eigenvalue weighted by atomic mass is 19.4. The van der Waals surface area contributed by atoms with E-state index in [1.165, 1.54) is 5.48 Å². The third kappa shape index (κ3) is 8.39. The molecule has 0 bridgehead atoms. The first kappa shape index (κ1) is 27.8. The van der Waals surface area contributed by atoms with Crippen LogP contribution in [0.15, 0.2) is 42.5 Å². The van der Waals surface area contributed by atoms with Crippen LogP contribution in [0.2, 0.25) is 0 Å². The second-order valence-corrected chi connectivity index (χ2v) is 7.47. The van der Waals surface area contributed by atoms with Crippen LogP contribution in [0.4, 0.5) is 30.7 Å². The van der Waals surface area contributed by atoms with Crippen LogP contribution in [0, 0.1) is 5.82 Å². The first-order chi connectivity index (χ1) is 16.3. The highest BCUT2D eigenvalue weighted by Gasteiger charge is 2.34. The molecule has 0 aliphatic heterocycles. The van der Waals surface area contributed by atoms with Crippen LogP contribution in [-0.4, -0.2) is 23.6 Å². The smallest absolute Gasteiger partial charge is 0.352 e. The van der Waals surface area contributed by atoms with Gasteiger partial charge in [-0.15, -0.1) is 0 Å². The van der Waals surface area contributed by atoms with E-state index in [0.29, 0.717) is 31.4 Å². The molecule has 0 saturated heterocycles. The molecule has 2 amide bonds. The Kier molecular flexibility index (Phi) is 9.40. The van der Waals surface area contributed by atoms with Crippen LogP contribution in [0.5, 0.6) is 0 Å². The summed E-state index contributed by atoms with van der Waals surface area (Å²) >= 11 is 0. The fourth-order valence-electron chi connectivity index (χ4n) is 3.08. The monoisotopic (exact) mass is 506 g/mol. The fraction of sp³-hybridized carbons (Fsp3) is 0.304. The molecule has 12 heteroatoms. The Hall–Kier alpha value is -3.41. The number of carbonyl (C=O) groups is 2. The third-order valence-corrected chi connectivity index (χ3v) is 4.87. The van der Waals surface area contributed by atoms with Crippen molar-refractivity contribution < 1.29 is 45.5 Å². The molecular formula is C23H21F7N2O3. The second-order valence-electron chi connectivity index (χ2n) is 7.47. The molecule has 0 aliphatic carbocycles. The number of hydroxylamine groups is 1. The van der Waals surface area contributed by atoms with Crippen molar-refractivity contribution in [3.05, 3.63) is 70.5 Å². The number of rotatable bonds is 9. The maximum Gasteiger partial charge on any atom is 0.419 e. The number of halogens is 7. The average molecular weight is 506 g/mol.